The van der Waals surface area contributed by atoms with Gasteiger partial charge in [-0.1, -0.05) is 96.0 Å². The molecule has 2 aliphatic carbocycles. The second-order valence-electron chi connectivity index (χ2n) is 14.1. The molecule has 3 fully saturated rings. The monoisotopic (exact) mass is 723 g/mol. The first kappa shape index (κ1) is 32.8. The third kappa shape index (κ3) is 4.58. The zero-order valence-electron chi connectivity index (χ0n) is 28.0. The van der Waals surface area contributed by atoms with Crippen molar-refractivity contribution in [1.82, 2.24) is 0 Å². The van der Waals surface area contributed by atoms with E-state index in [1.165, 1.54) is 29.2 Å². The molecule has 10 nitrogen and oxygen atoms in total. The molecule has 2 aliphatic heterocycles. The number of hydrogen-bond donors (Lipinski definition) is 1. The summed E-state index contributed by atoms with van der Waals surface area (Å²) in [6.07, 6.45) is 2.14. The number of benzene rings is 5. The Hall–Kier alpha value is -6.13. The van der Waals surface area contributed by atoms with Gasteiger partial charge in [0.15, 0.2) is 0 Å². The Bertz CT molecular complexity index is 2470. The first-order valence-corrected chi connectivity index (χ1v) is 17.7. The Morgan fingerprint density at radius 1 is 0.755 bits per heavy atom. The molecule has 4 aliphatic rings. The van der Waals surface area contributed by atoms with Crippen LogP contribution >= 0.6 is 11.6 Å². The van der Waals surface area contributed by atoms with Crippen molar-refractivity contribution in [3.63, 3.8) is 0 Å². The molecule has 0 bridgehead atoms. The fraction of sp³-hybridized carbons (Fsp3) is 0.190. The lowest BCUT2D eigenvalue weighted by Crippen LogP contribution is -2.53. The topological polar surface area (TPSA) is 138 Å². The number of nitro groups is 1. The van der Waals surface area contributed by atoms with Gasteiger partial charge >= 0.3 is 0 Å². The largest absolute Gasteiger partial charge is 0.508 e. The summed E-state index contributed by atoms with van der Waals surface area (Å²) in [4.78, 5) is 72.5. The predicted octanol–water partition coefficient (Wildman–Crippen LogP) is 7.47. The highest BCUT2D eigenvalue weighted by Crippen LogP contribution is 2.66. The average Bonchev–Trinajstić information content (AvgIpc) is 3.56. The molecule has 11 heteroatoms. The molecule has 53 heavy (non-hydrogen) atoms. The number of hydrogen-bond acceptors (Lipinski definition) is 7. The van der Waals surface area contributed by atoms with Crippen molar-refractivity contribution < 1.29 is 29.2 Å². The molecule has 6 atom stereocenters. The maximum Gasteiger partial charge on any atom is 0.271 e. The van der Waals surface area contributed by atoms with Crippen molar-refractivity contribution in [2.75, 3.05) is 9.80 Å². The van der Waals surface area contributed by atoms with E-state index in [0.717, 1.165) is 10.3 Å². The molecule has 0 unspecified atom stereocenters. The zero-order valence-corrected chi connectivity index (χ0v) is 28.7. The summed E-state index contributed by atoms with van der Waals surface area (Å²) in [5, 5.41) is 25.4. The number of nitrogens with zero attached hydrogens (tertiary/aromatic N) is 3. The fourth-order valence-corrected chi connectivity index (χ4v) is 9.83. The van der Waals surface area contributed by atoms with Gasteiger partial charge in [0, 0.05) is 28.6 Å². The maximum atomic E-state index is 15.5. The number of allylic oxidation sites excluding steroid dienone is 2. The van der Waals surface area contributed by atoms with Gasteiger partial charge in [0.2, 0.25) is 23.6 Å². The molecule has 9 rings (SSSR count). The molecule has 0 spiro atoms. The number of non-ortho nitro benzene ring substituents is 1. The molecule has 2 saturated heterocycles. The van der Waals surface area contributed by atoms with Crippen LogP contribution in [0.15, 0.2) is 127 Å². The molecular formula is C42H30ClN3O7. The quantitative estimate of drug-likeness (QED) is 0.0859. The first-order chi connectivity index (χ1) is 25.6. The Morgan fingerprint density at radius 3 is 2.23 bits per heavy atom. The molecule has 2 heterocycles. The lowest BCUT2D eigenvalue weighted by Gasteiger charge is -2.51. The number of halogens is 1. The van der Waals surface area contributed by atoms with E-state index in [1.54, 1.807) is 36.4 Å². The number of imide groups is 2. The summed E-state index contributed by atoms with van der Waals surface area (Å²) in [6, 6.07) is 32.0. The Kier molecular flexibility index (Phi) is 7.39. The minimum absolute atomic E-state index is 0.0629. The van der Waals surface area contributed by atoms with Crippen LogP contribution in [-0.2, 0) is 24.6 Å². The summed E-state index contributed by atoms with van der Waals surface area (Å²) < 4.78 is 0. The summed E-state index contributed by atoms with van der Waals surface area (Å²) >= 11 is 6.41. The van der Waals surface area contributed by atoms with E-state index in [0.29, 0.717) is 32.8 Å². The van der Waals surface area contributed by atoms with Gasteiger partial charge in [-0.05, 0) is 65.4 Å². The number of phenols is 1. The molecule has 4 amide bonds. The third-order valence-corrected chi connectivity index (χ3v) is 11.9. The van der Waals surface area contributed by atoms with Gasteiger partial charge in [-0.25, -0.2) is 9.80 Å². The fourth-order valence-electron chi connectivity index (χ4n) is 9.65. The normalized spacial score (nSPS) is 26.4. The number of rotatable bonds is 5. The van der Waals surface area contributed by atoms with E-state index in [1.807, 2.05) is 60.7 Å². The number of phenolic OH excluding ortho intramolecular Hbond substituents is 1. The second kappa shape index (κ2) is 12.0. The minimum Gasteiger partial charge on any atom is -0.508 e. The van der Waals surface area contributed by atoms with Gasteiger partial charge in [-0.15, -0.1) is 0 Å². The molecule has 5 aromatic rings. The van der Waals surface area contributed by atoms with Gasteiger partial charge in [-0.3, -0.25) is 29.3 Å². The van der Waals surface area contributed by atoms with Crippen molar-refractivity contribution in [2.45, 2.75) is 24.2 Å². The molecule has 1 saturated carbocycles. The summed E-state index contributed by atoms with van der Waals surface area (Å²) in [6.45, 7) is 0. The molecule has 5 aromatic carbocycles. The number of anilines is 2. The highest BCUT2D eigenvalue weighted by molar-refractivity contribution is 6.32. The minimum atomic E-state index is -1.57. The van der Waals surface area contributed by atoms with Crippen molar-refractivity contribution in [2.24, 2.45) is 23.7 Å². The number of carbonyl (C=O) groups is 4. The smallest absolute Gasteiger partial charge is 0.271 e. The zero-order chi connectivity index (χ0) is 36.8. The van der Waals surface area contributed by atoms with Crippen LogP contribution in [0.5, 0.6) is 5.75 Å². The molecule has 0 aromatic heterocycles. The van der Waals surface area contributed by atoms with Gasteiger partial charge in [-0.2, -0.15) is 0 Å². The van der Waals surface area contributed by atoms with E-state index < -0.39 is 63.6 Å². The van der Waals surface area contributed by atoms with E-state index in [-0.39, 0.29) is 30.0 Å². The van der Waals surface area contributed by atoms with Crippen LogP contribution in [-0.4, -0.2) is 33.7 Å². The van der Waals surface area contributed by atoms with Gasteiger partial charge in [0.05, 0.1) is 39.5 Å². The van der Waals surface area contributed by atoms with Crippen LogP contribution in [0.4, 0.5) is 17.1 Å². The van der Waals surface area contributed by atoms with Crippen molar-refractivity contribution in [3.05, 3.63) is 153 Å². The Balaban J connectivity index is 1.30. The summed E-state index contributed by atoms with van der Waals surface area (Å²) in [5.74, 6) is -6.37. The van der Waals surface area contributed by atoms with E-state index in [2.05, 4.69) is 0 Å². The highest BCUT2D eigenvalue weighted by atomic mass is 35.5. The number of aromatic hydroxyl groups is 1. The van der Waals surface area contributed by atoms with Crippen LogP contribution < -0.4 is 9.80 Å². The van der Waals surface area contributed by atoms with Gasteiger partial charge in [0.1, 0.15) is 5.75 Å². The molecular weight excluding hydrogens is 694 g/mol. The Labute approximate surface area is 308 Å². The van der Waals surface area contributed by atoms with Crippen LogP contribution in [0, 0.1) is 33.8 Å². The van der Waals surface area contributed by atoms with E-state index >= 15 is 9.59 Å². The number of amides is 4. The highest BCUT2D eigenvalue weighted by Gasteiger charge is 2.70. The molecule has 0 radical (unpaired) electrons. The third-order valence-electron chi connectivity index (χ3n) is 11.7. The number of carbonyl (C=O) groups excluding carboxylic acids is 4. The first-order valence-electron chi connectivity index (χ1n) is 17.3. The molecule has 1 N–H and O–H groups in total. The molecule has 262 valence electrons. The SMILES string of the molecule is O=C1[C@H]2[C@H](CC=C3[C@H]2C[C@H]2C(=O)N(c4cccc(Cl)c4)C(=O)[C@@]2(c2ccccc2)[C@H]3c2c(O)ccc3ccccc23)C(=O)N1c1cccc([N+](=O)[O-])c1. The lowest BCUT2D eigenvalue weighted by molar-refractivity contribution is -0.384. The maximum absolute atomic E-state index is 15.5. The Morgan fingerprint density at radius 2 is 1.47 bits per heavy atom. The van der Waals surface area contributed by atoms with E-state index in [9.17, 15) is 24.8 Å². The average molecular weight is 724 g/mol. The van der Waals surface area contributed by atoms with Crippen LogP contribution in [0.2, 0.25) is 5.02 Å². The van der Waals surface area contributed by atoms with Gasteiger partial charge in [0.25, 0.3) is 5.69 Å². The predicted molar refractivity (Wildman–Crippen MR) is 197 cm³/mol. The number of nitro benzene ring substituents is 1. The second-order valence-corrected chi connectivity index (χ2v) is 14.5. The summed E-state index contributed by atoms with van der Waals surface area (Å²) in [7, 11) is 0. The lowest BCUT2D eigenvalue weighted by atomic mass is 9.48. The van der Waals surface area contributed by atoms with Gasteiger partial charge < -0.3 is 5.11 Å². The summed E-state index contributed by atoms with van der Waals surface area (Å²) in [5.41, 5.74) is 0.299. The van der Waals surface area contributed by atoms with Crippen molar-refractivity contribution >= 4 is 63.1 Å². The van der Waals surface area contributed by atoms with Crippen molar-refractivity contribution in [1.29, 1.82) is 0 Å². The van der Waals surface area contributed by atoms with Crippen LogP contribution in [0.1, 0.15) is 29.9 Å². The van der Waals surface area contributed by atoms with E-state index in [4.69, 9.17) is 11.6 Å². The number of fused-ring (bicyclic) bond motifs is 5. The van der Waals surface area contributed by atoms with Crippen LogP contribution in [0.25, 0.3) is 10.8 Å². The standard InChI is InChI=1S/C42H30ClN3O7/c43-25-11-6-12-26(20-25)45-39(49)33-22-32-30(17-18-31-35(32)40(50)44(38(31)48)27-13-7-14-28(21-27)46(52)53)37(42(33,41(45)51)24-9-2-1-3-10-24)36-29-15-5-4-8-23(29)16-19-34(36)47/h1-17,19-21,31-33,35,37,47H,18,22H2/t31-,32+,33-,35-,37+,42+/m0/s1. The van der Waals surface area contributed by atoms with Crippen LogP contribution in [0.3, 0.4) is 0 Å². The van der Waals surface area contributed by atoms with Crippen molar-refractivity contribution in [3.8, 4) is 5.75 Å².